The minimum absolute atomic E-state index is 0.110. The molecule has 1 amide bonds. The Labute approximate surface area is 250 Å². The fraction of sp³-hybridized carbons (Fsp3) is 0.314. The van der Waals surface area contributed by atoms with E-state index < -0.39 is 11.5 Å². The van der Waals surface area contributed by atoms with Crippen LogP contribution in [0.4, 0.5) is 0 Å². The summed E-state index contributed by atoms with van der Waals surface area (Å²) in [6.45, 7) is 0. The fourth-order valence-electron chi connectivity index (χ4n) is 7.19. The van der Waals surface area contributed by atoms with Crippen LogP contribution in [0.2, 0.25) is 0 Å². The van der Waals surface area contributed by atoms with E-state index >= 15 is 0 Å². The minimum atomic E-state index is -0.991. The van der Waals surface area contributed by atoms with Crippen LogP contribution < -0.4 is 5.32 Å². The lowest BCUT2D eigenvalue weighted by atomic mass is 9.75. The molecule has 7 rings (SSSR count). The number of rotatable bonds is 7. The third-order valence-corrected chi connectivity index (χ3v) is 9.48. The van der Waals surface area contributed by atoms with E-state index in [0.29, 0.717) is 11.5 Å². The Hall–Kier alpha value is -4.72. The van der Waals surface area contributed by atoms with Crippen LogP contribution in [0.25, 0.3) is 39.4 Å². The molecule has 0 radical (unpaired) electrons. The Morgan fingerprint density at radius 2 is 1.79 bits per heavy atom. The SMILES string of the molecule is Cn1c(C2(NC(=O)c3ccc4c(C5CCCC5)c(-c5ccccn5)n(C)c4c3)CCC2)nc2cc(C=CC(=O)O)ccc21. The number of aliphatic carboxylic acids is 1. The number of carboxylic acid groups (broad SMARTS) is 1. The number of carbonyl (C=O) groups excluding carboxylic acids is 1. The van der Waals surface area contributed by atoms with Gasteiger partial charge in [0, 0.05) is 42.8 Å². The van der Waals surface area contributed by atoms with E-state index in [9.17, 15) is 9.59 Å². The molecule has 2 aliphatic rings. The zero-order valence-electron chi connectivity index (χ0n) is 24.5. The predicted octanol–water partition coefficient (Wildman–Crippen LogP) is 6.69. The standard InChI is InChI=1S/C35H35N5O3/c1-39-29-21-24(13-14-25(29)31(23-8-3-4-9-23)32(39)26-10-5-6-19-36-26)33(43)38-35(17-7-18-35)34-37-27-20-22(12-16-30(41)42)11-15-28(27)40(34)2/h5-6,10-16,19-21,23H,3-4,7-9,17-18H2,1-2H3,(H,38,43)(H,41,42). The van der Waals surface area contributed by atoms with Crippen molar-refractivity contribution in [3.8, 4) is 11.4 Å². The second-order valence-corrected chi connectivity index (χ2v) is 12.1. The fourth-order valence-corrected chi connectivity index (χ4v) is 7.19. The van der Waals surface area contributed by atoms with Gasteiger partial charge in [0.05, 0.1) is 28.0 Å². The van der Waals surface area contributed by atoms with E-state index in [1.807, 2.05) is 60.3 Å². The zero-order chi connectivity index (χ0) is 29.7. The summed E-state index contributed by atoms with van der Waals surface area (Å²) in [5.41, 5.74) is 7.06. The summed E-state index contributed by atoms with van der Waals surface area (Å²) in [7, 11) is 4.06. The molecule has 218 valence electrons. The molecule has 0 bridgehead atoms. The molecule has 43 heavy (non-hydrogen) atoms. The molecule has 2 saturated carbocycles. The van der Waals surface area contributed by atoms with Gasteiger partial charge in [-0.05, 0) is 91.6 Å². The summed E-state index contributed by atoms with van der Waals surface area (Å²) in [5.74, 6) is 0.217. The second-order valence-electron chi connectivity index (χ2n) is 12.1. The number of nitrogens with zero attached hydrogens (tertiary/aromatic N) is 4. The molecule has 0 spiro atoms. The number of hydrogen-bond donors (Lipinski definition) is 2. The van der Waals surface area contributed by atoms with Crippen LogP contribution in [0.15, 0.2) is 66.9 Å². The van der Waals surface area contributed by atoms with Gasteiger partial charge < -0.3 is 19.6 Å². The van der Waals surface area contributed by atoms with Crippen molar-refractivity contribution < 1.29 is 14.7 Å². The lowest BCUT2D eigenvalue weighted by Gasteiger charge is -2.41. The first-order valence-corrected chi connectivity index (χ1v) is 15.1. The number of benzene rings is 2. The normalized spacial score (nSPS) is 16.7. The third kappa shape index (κ3) is 4.61. The van der Waals surface area contributed by atoms with Crippen molar-refractivity contribution in [1.82, 2.24) is 24.4 Å². The van der Waals surface area contributed by atoms with E-state index in [-0.39, 0.29) is 5.91 Å². The first kappa shape index (κ1) is 27.1. The van der Waals surface area contributed by atoms with Crippen LogP contribution in [0.1, 0.15) is 78.2 Å². The van der Waals surface area contributed by atoms with Gasteiger partial charge in [-0.3, -0.25) is 9.78 Å². The number of imidazole rings is 1. The lowest BCUT2D eigenvalue weighted by molar-refractivity contribution is -0.131. The molecule has 0 unspecified atom stereocenters. The average Bonchev–Trinajstić information content (AvgIpc) is 3.71. The zero-order valence-corrected chi connectivity index (χ0v) is 24.5. The van der Waals surface area contributed by atoms with Crippen LogP contribution in [0, 0.1) is 0 Å². The highest BCUT2D eigenvalue weighted by molar-refractivity contribution is 6.01. The number of nitrogens with one attached hydrogen (secondary N) is 1. The maximum absolute atomic E-state index is 13.9. The Balaban J connectivity index is 1.24. The maximum Gasteiger partial charge on any atom is 0.328 e. The molecule has 5 aromatic rings. The first-order chi connectivity index (χ1) is 20.8. The van der Waals surface area contributed by atoms with Crippen LogP contribution in [-0.4, -0.2) is 36.1 Å². The third-order valence-electron chi connectivity index (χ3n) is 9.48. The highest BCUT2D eigenvalue weighted by Crippen LogP contribution is 2.45. The highest BCUT2D eigenvalue weighted by Gasteiger charge is 2.44. The maximum atomic E-state index is 13.9. The Kier molecular flexibility index (Phi) is 6.64. The molecule has 8 heteroatoms. The number of hydrogen-bond acceptors (Lipinski definition) is 4. The first-order valence-electron chi connectivity index (χ1n) is 15.1. The molecule has 0 saturated heterocycles. The lowest BCUT2D eigenvalue weighted by Crippen LogP contribution is -2.52. The summed E-state index contributed by atoms with van der Waals surface area (Å²) in [4.78, 5) is 34.5. The number of amides is 1. The van der Waals surface area contributed by atoms with Gasteiger partial charge in [-0.1, -0.05) is 31.0 Å². The smallest absolute Gasteiger partial charge is 0.328 e. The van der Waals surface area contributed by atoms with Crippen molar-refractivity contribution in [3.05, 3.63) is 89.4 Å². The number of fused-ring (bicyclic) bond motifs is 2. The minimum Gasteiger partial charge on any atom is -0.478 e. The molecular formula is C35H35N5O3. The largest absolute Gasteiger partial charge is 0.478 e. The molecular weight excluding hydrogens is 538 g/mol. The Morgan fingerprint density at radius 3 is 2.49 bits per heavy atom. The van der Waals surface area contributed by atoms with Gasteiger partial charge in [0.1, 0.15) is 5.82 Å². The van der Waals surface area contributed by atoms with E-state index in [0.717, 1.165) is 64.7 Å². The molecule has 3 aromatic heterocycles. The van der Waals surface area contributed by atoms with Crippen LogP contribution in [0.5, 0.6) is 0 Å². The van der Waals surface area contributed by atoms with E-state index in [1.165, 1.54) is 36.6 Å². The molecule has 2 N–H and O–H groups in total. The van der Waals surface area contributed by atoms with Crippen LogP contribution in [-0.2, 0) is 24.4 Å². The molecule has 8 nitrogen and oxygen atoms in total. The van der Waals surface area contributed by atoms with Crippen molar-refractivity contribution in [2.24, 2.45) is 14.1 Å². The molecule has 3 heterocycles. The molecule has 2 fully saturated rings. The van der Waals surface area contributed by atoms with E-state index in [2.05, 4.69) is 29.1 Å². The number of aromatic nitrogens is 4. The van der Waals surface area contributed by atoms with Crippen molar-refractivity contribution in [2.75, 3.05) is 0 Å². The quantitative estimate of drug-likeness (QED) is 0.211. The molecule has 2 aromatic carbocycles. The summed E-state index contributed by atoms with van der Waals surface area (Å²) in [5, 5.41) is 13.6. The van der Waals surface area contributed by atoms with Crippen molar-refractivity contribution in [1.29, 1.82) is 0 Å². The van der Waals surface area contributed by atoms with Gasteiger partial charge in [0.2, 0.25) is 0 Å². The highest BCUT2D eigenvalue weighted by atomic mass is 16.4. The van der Waals surface area contributed by atoms with Gasteiger partial charge in [-0.25, -0.2) is 9.78 Å². The summed E-state index contributed by atoms with van der Waals surface area (Å²) >= 11 is 0. The Bertz CT molecular complexity index is 1910. The van der Waals surface area contributed by atoms with Crippen molar-refractivity contribution in [3.63, 3.8) is 0 Å². The predicted molar refractivity (Wildman–Crippen MR) is 168 cm³/mol. The monoisotopic (exact) mass is 573 g/mol. The Morgan fingerprint density at radius 1 is 0.977 bits per heavy atom. The number of pyridine rings is 1. The molecule has 2 aliphatic carbocycles. The summed E-state index contributed by atoms with van der Waals surface area (Å²) in [6.07, 6.45) is 12.0. The number of carboxylic acids is 1. The van der Waals surface area contributed by atoms with E-state index in [1.54, 1.807) is 6.08 Å². The number of carbonyl (C=O) groups is 2. The van der Waals surface area contributed by atoms with Crippen molar-refractivity contribution >= 4 is 39.9 Å². The summed E-state index contributed by atoms with van der Waals surface area (Å²) < 4.78 is 4.26. The molecule has 0 atom stereocenters. The van der Waals surface area contributed by atoms with Crippen molar-refractivity contribution in [2.45, 2.75) is 56.4 Å². The molecule has 0 aliphatic heterocycles. The average molecular weight is 574 g/mol. The van der Waals surface area contributed by atoms with Gasteiger partial charge in [-0.15, -0.1) is 0 Å². The number of aryl methyl sites for hydroxylation is 2. The van der Waals surface area contributed by atoms with Gasteiger partial charge in [0.15, 0.2) is 0 Å². The summed E-state index contributed by atoms with van der Waals surface area (Å²) in [6, 6.07) is 17.9. The van der Waals surface area contributed by atoms with Gasteiger partial charge in [0.25, 0.3) is 5.91 Å². The van der Waals surface area contributed by atoms with Crippen LogP contribution in [0.3, 0.4) is 0 Å². The topological polar surface area (TPSA) is 102 Å². The van der Waals surface area contributed by atoms with Gasteiger partial charge in [-0.2, -0.15) is 0 Å². The van der Waals surface area contributed by atoms with E-state index in [4.69, 9.17) is 15.1 Å². The second kappa shape index (κ2) is 10.5. The van der Waals surface area contributed by atoms with Gasteiger partial charge >= 0.3 is 5.97 Å². The van der Waals surface area contributed by atoms with Crippen LogP contribution >= 0.6 is 0 Å².